The van der Waals surface area contributed by atoms with Crippen LogP contribution in [0.25, 0.3) is 0 Å². The fourth-order valence-electron chi connectivity index (χ4n) is 2.39. The number of hydrogen-bond acceptors (Lipinski definition) is 5. The van der Waals surface area contributed by atoms with Crippen LogP contribution in [0.3, 0.4) is 0 Å². The number of ketones is 1. The molecule has 116 valence electrons. The summed E-state index contributed by atoms with van der Waals surface area (Å²) in [7, 11) is -1.39. The summed E-state index contributed by atoms with van der Waals surface area (Å²) in [6.07, 6.45) is 0.786. The standard InChI is InChI=1S/C14H19NO4S2/c1-10-3-5-13(20-10)12(16)4-6-14(17)15(2)11-7-8-21(18,19)9-11/h3,5,11H,4,6-9H2,1-2H3. The minimum absolute atomic E-state index is 0.0334. The molecule has 1 aromatic heterocycles. The zero-order valence-electron chi connectivity index (χ0n) is 12.2. The molecule has 5 nitrogen and oxygen atoms in total. The van der Waals surface area contributed by atoms with Crippen LogP contribution in [-0.4, -0.2) is 49.6 Å². The smallest absolute Gasteiger partial charge is 0.223 e. The number of nitrogens with zero attached hydrogens (tertiary/aromatic N) is 1. The minimum atomic E-state index is -3.00. The summed E-state index contributed by atoms with van der Waals surface area (Å²) in [6.45, 7) is 1.93. The van der Waals surface area contributed by atoms with Crippen molar-refractivity contribution in [2.75, 3.05) is 18.6 Å². The van der Waals surface area contributed by atoms with Crippen molar-refractivity contribution in [1.29, 1.82) is 0 Å². The molecule has 1 saturated heterocycles. The van der Waals surface area contributed by atoms with E-state index < -0.39 is 9.84 Å². The molecule has 2 rings (SSSR count). The molecule has 0 N–H and O–H groups in total. The average molecular weight is 329 g/mol. The Balaban J connectivity index is 1.86. The van der Waals surface area contributed by atoms with Crippen molar-refractivity contribution in [1.82, 2.24) is 4.90 Å². The van der Waals surface area contributed by atoms with Crippen LogP contribution in [0.2, 0.25) is 0 Å². The van der Waals surface area contributed by atoms with E-state index in [9.17, 15) is 18.0 Å². The number of thiophene rings is 1. The van der Waals surface area contributed by atoms with E-state index in [2.05, 4.69) is 0 Å². The van der Waals surface area contributed by atoms with Crippen LogP contribution in [0.4, 0.5) is 0 Å². The van der Waals surface area contributed by atoms with E-state index in [0.29, 0.717) is 11.3 Å². The van der Waals surface area contributed by atoms with Gasteiger partial charge in [-0.1, -0.05) is 0 Å². The zero-order valence-corrected chi connectivity index (χ0v) is 13.8. The molecule has 21 heavy (non-hydrogen) atoms. The molecule has 0 aliphatic carbocycles. The van der Waals surface area contributed by atoms with Gasteiger partial charge in [-0.15, -0.1) is 11.3 Å². The number of rotatable bonds is 5. The number of hydrogen-bond donors (Lipinski definition) is 0. The molecule has 1 amide bonds. The van der Waals surface area contributed by atoms with Crippen molar-refractivity contribution >= 4 is 32.9 Å². The number of sulfone groups is 1. The van der Waals surface area contributed by atoms with E-state index in [4.69, 9.17) is 0 Å². The molecule has 7 heteroatoms. The van der Waals surface area contributed by atoms with Crippen molar-refractivity contribution in [2.45, 2.75) is 32.2 Å². The maximum absolute atomic E-state index is 12.1. The first-order valence-electron chi connectivity index (χ1n) is 6.84. The Hall–Kier alpha value is -1.21. The van der Waals surface area contributed by atoms with Crippen molar-refractivity contribution in [2.24, 2.45) is 0 Å². The first kappa shape index (κ1) is 16.2. The highest BCUT2D eigenvalue weighted by molar-refractivity contribution is 7.91. The van der Waals surface area contributed by atoms with Gasteiger partial charge in [0, 0.05) is 30.8 Å². The molecule has 0 aromatic carbocycles. The first-order chi connectivity index (χ1) is 9.78. The molecule has 1 aliphatic heterocycles. The summed E-state index contributed by atoms with van der Waals surface area (Å²) < 4.78 is 22.9. The minimum Gasteiger partial charge on any atom is -0.342 e. The van der Waals surface area contributed by atoms with E-state index in [1.165, 1.54) is 16.2 Å². The van der Waals surface area contributed by atoms with E-state index in [0.717, 1.165) is 4.88 Å². The molecule has 1 aliphatic rings. The quantitative estimate of drug-likeness (QED) is 0.770. The van der Waals surface area contributed by atoms with Crippen LogP contribution in [0.5, 0.6) is 0 Å². The number of aryl methyl sites for hydroxylation is 1. The van der Waals surface area contributed by atoms with Gasteiger partial charge in [-0.2, -0.15) is 0 Å². The largest absolute Gasteiger partial charge is 0.342 e. The second-order valence-corrected chi connectivity index (χ2v) is 8.91. The van der Waals surface area contributed by atoms with Gasteiger partial charge in [0.2, 0.25) is 5.91 Å². The van der Waals surface area contributed by atoms with Crippen molar-refractivity contribution in [3.05, 3.63) is 21.9 Å². The lowest BCUT2D eigenvalue weighted by Crippen LogP contribution is -2.37. The molecule has 0 saturated carbocycles. The summed E-state index contributed by atoms with van der Waals surface area (Å²) in [5.74, 6) is -0.0247. The molecule has 0 radical (unpaired) electrons. The lowest BCUT2D eigenvalue weighted by atomic mass is 10.1. The summed E-state index contributed by atoms with van der Waals surface area (Å²) in [4.78, 5) is 27.2. The monoisotopic (exact) mass is 329 g/mol. The Morgan fingerprint density at radius 1 is 1.33 bits per heavy atom. The molecular formula is C14H19NO4S2. The van der Waals surface area contributed by atoms with Crippen molar-refractivity contribution in [3.63, 3.8) is 0 Å². The predicted octanol–water partition coefficient (Wildman–Crippen LogP) is 1.66. The highest BCUT2D eigenvalue weighted by Gasteiger charge is 2.32. The van der Waals surface area contributed by atoms with Gasteiger partial charge in [0.05, 0.1) is 16.4 Å². The van der Waals surface area contributed by atoms with Gasteiger partial charge < -0.3 is 4.90 Å². The Kier molecular flexibility index (Phi) is 4.83. The van der Waals surface area contributed by atoms with Gasteiger partial charge in [-0.25, -0.2) is 8.42 Å². The number of Topliss-reactive ketones (excluding diaryl/α,β-unsaturated/α-hetero) is 1. The number of amides is 1. The van der Waals surface area contributed by atoms with Crippen LogP contribution >= 0.6 is 11.3 Å². The lowest BCUT2D eigenvalue weighted by Gasteiger charge is -2.23. The Labute approximate surface area is 128 Å². The maximum atomic E-state index is 12.1. The molecule has 1 aromatic rings. The second kappa shape index (κ2) is 6.27. The summed E-state index contributed by atoms with van der Waals surface area (Å²) in [5.41, 5.74) is 0. The molecule has 1 atom stereocenters. The molecule has 1 unspecified atom stereocenters. The van der Waals surface area contributed by atoms with Crippen LogP contribution in [-0.2, 0) is 14.6 Å². The molecular weight excluding hydrogens is 310 g/mol. The maximum Gasteiger partial charge on any atom is 0.223 e. The van der Waals surface area contributed by atoms with Crippen LogP contribution in [0, 0.1) is 6.92 Å². The fraction of sp³-hybridized carbons (Fsp3) is 0.571. The third-order valence-corrected chi connectivity index (χ3v) is 6.52. The Morgan fingerprint density at radius 2 is 2.05 bits per heavy atom. The third kappa shape index (κ3) is 4.14. The van der Waals surface area contributed by atoms with Crippen LogP contribution in [0.1, 0.15) is 33.8 Å². The van der Waals surface area contributed by atoms with Crippen molar-refractivity contribution < 1.29 is 18.0 Å². The SMILES string of the molecule is Cc1ccc(C(=O)CCC(=O)N(C)C2CCS(=O)(=O)C2)s1. The molecule has 0 bridgehead atoms. The van der Waals surface area contributed by atoms with Gasteiger partial charge in [0.15, 0.2) is 15.6 Å². The number of carbonyl (C=O) groups excluding carboxylic acids is 2. The van der Waals surface area contributed by atoms with Gasteiger partial charge in [-0.05, 0) is 25.5 Å². The normalized spacial score (nSPS) is 20.4. The lowest BCUT2D eigenvalue weighted by molar-refractivity contribution is -0.131. The summed E-state index contributed by atoms with van der Waals surface area (Å²) in [6, 6.07) is 3.41. The Morgan fingerprint density at radius 3 is 2.57 bits per heavy atom. The summed E-state index contributed by atoms with van der Waals surface area (Å²) >= 11 is 1.43. The van der Waals surface area contributed by atoms with Gasteiger partial charge in [-0.3, -0.25) is 9.59 Å². The van der Waals surface area contributed by atoms with Gasteiger partial charge in [0.25, 0.3) is 0 Å². The first-order valence-corrected chi connectivity index (χ1v) is 9.48. The highest BCUT2D eigenvalue weighted by Crippen LogP contribution is 2.20. The zero-order chi connectivity index (χ0) is 15.6. The van der Waals surface area contributed by atoms with Gasteiger partial charge in [0.1, 0.15) is 0 Å². The van der Waals surface area contributed by atoms with Crippen LogP contribution < -0.4 is 0 Å². The van der Waals surface area contributed by atoms with Crippen LogP contribution in [0.15, 0.2) is 12.1 Å². The Bertz CT molecular complexity index is 648. The highest BCUT2D eigenvalue weighted by atomic mass is 32.2. The van der Waals surface area contributed by atoms with E-state index >= 15 is 0 Å². The predicted molar refractivity (Wildman–Crippen MR) is 82.4 cm³/mol. The molecule has 2 heterocycles. The third-order valence-electron chi connectivity index (χ3n) is 3.73. The van der Waals surface area contributed by atoms with Gasteiger partial charge >= 0.3 is 0 Å². The molecule has 0 spiro atoms. The van der Waals surface area contributed by atoms with Crippen molar-refractivity contribution in [3.8, 4) is 0 Å². The van der Waals surface area contributed by atoms with E-state index in [-0.39, 0.29) is 42.1 Å². The fourth-order valence-corrected chi connectivity index (χ4v) is 5.00. The molecule has 1 fully saturated rings. The average Bonchev–Trinajstić information content (AvgIpc) is 3.00. The number of carbonyl (C=O) groups is 2. The van der Waals surface area contributed by atoms with E-state index in [1.807, 2.05) is 13.0 Å². The van der Waals surface area contributed by atoms with E-state index in [1.54, 1.807) is 13.1 Å². The summed E-state index contributed by atoms with van der Waals surface area (Å²) in [5, 5.41) is 0. The second-order valence-electron chi connectivity index (χ2n) is 5.39. The topological polar surface area (TPSA) is 71.5 Å².